The van der Waals surface area contributed by atoms with Gasteiger partial charge in [-0.25, -0.2) is 4.85 Å². The van der Waals surface area contributed by atoms with Crippen molar-refractivity contribution in [2.24, 2.45) is 7.05 Å². The van der Waals surface area contributed by atoms with Crippen molar-refractivity contribution >= 4 is 27.2 Å². The Morgan fingerprint density at radius 3 is 2.72 bits per heavy atom. The summed E-state index contributed by atoms with van der Waals surface area (Å²) in [5.74, 6) is 1.71. The fourth-order valence-corrected chi connectivity index (χ4v) is 3.83. The molecule has 3 aromatic carbocycles. The molecule has 0 radical (unpaired) electrons. The van der Waals surface area contributed by atoms with Crippen LogP contribution in [0.1, 0.15) is 5.56 Å². The Morgan fingerprint density at radius 2 is 1.88 bits per heavy atom. The minimum Gasteiger partial charge on any atom is -0.449 e. The van der Waals surface area contributed by atoms with E-state index in [1.807, 2.05) is 30.3 Å². The average Bonchev–Trinajstić information content (AvgIpc) is 2.64. The van der Waals surface area contributed by atoms with Gasteiger partial charge in [0, 0.05) is 16.2 Å². The van der Waals surface area contributed by atoms with E-state index in [2.05, 4.69) is 47.8 Å². The lowest BCUT2D eigenvalue weighted by Gasteiger charge is -2.21. The van der Waals surface area contributed by atoms with Gasteiger partial charge < -0.3 is 4.74 Å². The Balaban J connectivity index is 2.01. The molecule has 0 atom stereocenters. The molecule has 25 heavy (non-hydrogen) atoms. The Hall–Kier alpha value is -3.38. The van der Waals surface area contributed by atoms with Crippen molar-refractivity contribution in [3.63, 3.8) is 0 Å². The predicted octanol–water partition coefficient (Wildman–Crippen LogP) is 5.45. The highest BCUT2D eigenvalue weighted by atomic mass is 16.5. The standard InChI is InChI=1S/C22H15N2O/c1-13-7-8-14-5-4-6-18-20(14)19(13)21-22(25-18)17-11-16(23-2)10-9-15(17)12-24(21)3/h4-12H,1,3H3/q+1. The summed E-state index contributed by atoms with van der Waals surface area (Å²) >= 11 is 0. The molecule has 0 N–H and O–H groups in total. The van der Waals surface area contributed by atoms with E-state index in [4.69, 9.17) is 11.3 Å². The number of nitrogens with zero attached hydrogens (tertiary/aromatic N) is 2. The van der Waals surface area contributed by atoms with Gasteiger partial charge in [-0.05, 0) is 30.0 Å². The van der Waals surface area contributed by atoms with Crippen LogP contribution in [0.25, 0.3) is 37.6 Å². The summed E-state index contributed by atoms with van der Waals surface area (Å²) in [6.07, 6.45) is 2.11. The molecule has 1 aliphatic heterocycles. The van der Waals surface area contributed by atoms with Gasteiger partial charge in [0.2, 0.25) is 5.75 Å². The van der Waals surface area contributed by atoms with Crippen LogP contribution in [-0.2, 0) is 7.05 Å². The van der Waals surface area contributed by atoms with E-state index in [0.29, 0.717) is 5.69 Å². The summed E-state index contributed by atoms with van der Waals surface area (Å²) in [7, 11) is 2.05. The van der Waals surface area contributed by atoms with Crippen LogP contribution in [0.3, 0.4) is 0 Å². The lowest BCUT2D eigenvalue weighted by molar-refractivity contribution is -0.659. The summed E-state index contributed by atoms with van der Waals surface area (Å²) < 4.78 is 8.51. The first-order valence-corrected chi connectivity index (χ1v) is 8.22. The Kier molecular flexibility index (Phi) is 2.69. The molecule has 0 fully saturated rings. The third-order valence-corrected chi connectivity index (χ3v) is 4.98. The summed E-state index contributed by atoms with van der Waals surface area (Å²) in [6, 6.07) is 16.2. The molecule has 0 saturated carbocycles. The van der Waals surface area contributed by atoms with Gasteiger partial charge in [0.15, 0.2) is 11.9 Å². The normalized spacial score (nSPS) is 11.9. The third-order valence-electron chi connectivity index (χ3n) is 4.98. The topological polar surface area (TPSA) is 17.5 Å². The minimum atomic E-state index is 0.626. The van der Waals surface area contributed by atoms with Gasteiger partial charge in [0.05, 0.1) is 12.1 Å². The van der Waals surface area contributed by atoms with Crippen LogP contribution in [0.4, 0.5) is 5.69 Å². The number of hydrogen-bond acceptors (Lipinski definition) is 1. The Bertz CT molecular complexity index is 1250. The van der Waals surface area contributed by atoms with E-state index < -0.39 is 0 Å². The molecule has 0 bridgehead atoms. The van der Waals surface area contributed by atoms with E-state index in [1.54, 1.807) is 0 Å². The van der Waals surface area contributed by atoms with Crippen LogP contribution >= 0.6 is 0 Å². The monoisotopic (exact) mass is 323 g/mol. The molecule has 0 amide bonds. The van der Waals surface area contributed by atoms with Crippen molar-refractivity contribution in [2.75, 3.05) is 0 Å². The number of aromatic nitrogens is 1. The minimum absolute atomic E-state index is 0.626. The third kappa shape index (κ3) is 1.82. The van der Waals surface area contributed by atoms with Gasteiger partial charge >= 0.3 is 0 Å². The molecule has 0 spiro atoms. The van der Waals surface area contributed by atoms with Crippen LogP contribution in [0.5, 0.6) is 11.5 Å². The van der Waals surface area contributed by atoms with Gasteiger partial charge in [-0.1, -0.05) is 36.4 Å². The molecular formula is C22H15N2O+. The van der Waals surface area contributed by atoms with Gasteiger partial charge in [-0.15, -0.1) is 0 Å². The zero-order chi connectivity index (χ0) is 17.1. The molecule has 0 saturated heterocycles. The van der Waals surface area contributed by atoms with Gasteiger partial charge in [-0.3, -0.25) is 0 Å². The largest absolute Gasteiger partial charge is 0.449 e. The first-order valence-electron chi connectivity index (χ1n) is 8.22. The van der Waals surface area contributed by atoms with Gasteiger partial charge in [0.1, 0.15) is 12.8 Å². The fourth-order valence-electron chi connectivity index (χ4n) is 3.83. The highest BCUT2D eigenvalue weighted by Gasteiger charge is 2.30. The number of aryl methyl sites for hydroxylation is 2. The van der Waals surface area contributed by atoms with E-state index in [1.165, 1.54) is 16.5 Å². The van der Waals surface area contributed by atoms with Crippen molar-refractivity contribution in [2.45, 2.75) is 6.92 Å². The maximum Gasteiger partial charge on any atom is 0.256 e. The fraction of sp³-hybridized carbons (Fsp3) is 0.0909. The van der Waals surface area contributed by atoms with Crippen molar-refractivity contribution in [3.8, 4) is 22.8 Å². The van der Waals surface area contributed by atoms with Gasteiger partial charge in [-0.2, -0.15) is 4.57 Å². The van der Waals surface area contributed by atoms with Crippen molar-refractivity contribution in [3.05, 3.63) is 71.7 Å². The second-order valence-corrected chi connectivity index (χ2v) is 6.51. The molecule has 5 rings (SSSR count). The quantitative estimate of drug-likeness (QED) is 0.274. The molecule has 4 aromatic rings. The number of pyridine rings is 1. The zero-order valence-corrected chi connectivity index (χ0v) is 14.0. The highest BCUT2D eigenvalue weighted by molar-refractivity contribution is 6.07. The van der Waals surface area contributed by atoms with E-state index in [9.17, 15) is 0 Å². The van der Waals surface area contributed by atoms with Crippen LogP contribution in [0.2, 0.25) is 0 Å². The summed E-state index contributed by atoms with van der Waals surface area (Å²) in [5, 5.41) is 4.38. The lowest BCUT2D eigenvalue weighted by Crippen LogP contribution is -2.32. The molecule has 3 nitrogen and oxygen atoms in total. The number of fused-ring (bicyclic) bond motifs is 4. The second-order valence-electron chi connectivity index (χ2n) is 6.51. The second kappa shape index (κ2) is 4.81. The van der Waals surface area contributed by atoms with Gasteiger partial charge in [0.25, 0.3) is 5.69 Å². The molecule has 0 aliphatic carbocycles. The van der Waals surface area contributed by atoms with E-state index in [0.717, 1.165) is 33.4 Å². The number of rotatable bonds is 0. The number of hydrogen-bond donors (Lipinski definition) is 0. The van der Waals surface area contributed by atoms with E-state index >= 15 is 0 Å². The first-order chi connectivity index (χ1) is 12.2. The molecule has 1 aromatic heterocycles. The van der Waals surface area contributed by atoms with Crippen LogP contribution < -0.4 is 9.30 Å². The van der Waals surface area contributed by atoms with E-state index in [-0.39, 0.29) is 0 Å². The SMILES string of the molecule is [C-]#[N+]c1ccc2c[n+](C)c3c(c2c1)Oc1cccc2ccc(C)c-3c12. The Morgan fingerprint density at radius 1 is 1.04 bits per heavy atom. The number of benzene rings is 3. The lowest BCUT2D eigenvalue weighted by atomic mass is 9.92. The average molecular weight is 323 g/mol. The van der Waals surface area contributed by atoms with Crippen molar-refractivity contribution in [1.29, 1.82) is 0 Å². The smallest absolute Gasteiger partial charge is 0.256 e. The number of ether oxygens (including phenoxy) is 1. The molecule has 118 valence electrons. The summed E-state index contributed by atoms with van der Waals surface area (Å²) in [6.45, 7) is 9.46. The van der Waals surface area contributed by atoms with Crippen molar-refractivity contribution in [1.82, 2.24) is 0 Å². The predicted molar refractivity (Wildman–Crippen MR) is 99.1 cm³/mol. The van der Waals surface area contributed by atoms with Crippen LogP contribution in [-0.4, -0.2) is 0 Å². The van der Waals surface area contributed by atoms with Crippen molar-refractivity contribution < 1.29 is 9.30 Å². The molecule has 2 heterocycles. The molecular weight excluding hydrogens is 308 g/mol. The van der Waals surface area contributed by atoms with Crippen LogP contribution in [0.15, 0.2) is 54.7 Å². The maximum absolute atomic E-state index is 7.32. The Labute approximate surface area is 145 Å². The molecule has 3 heteroatoms. The maximum atomic E-state index is 7.32. The first kappa shape index (κ1) is 14.0. The summed E-state index contributed by atoms with van der Waals surface area (Å²) in [5.41, 5.74) is 4.13. The van der Waals surface area contributed by atoms with Crippen LogP contribution in [0, 0.1) is 13.5 Å². The highest BCUT2D eigenvalue weighted by Crippen LogP contribution is 2.48. The molecule has 1 aliphatic rings. The summed E-state index contributed by atoms with van der Waals surface area (Å²) in [4.78, 5) is 3.58. The zero-order valence-electron chi connectivity index (χ0n) is 14.0. The molecule has 0 unspecified atom stereocenters.